The summed E-state index contributed by atoms with van der Waals surface area (Å²) in [7, 11) is -5.18. The van der Waals surface area contributed by atoms with Crippen LogP contribution in [0, 0.1) is 0 Å². The van der Waals surface area contributed by atoms with Crippen molar-refractivity contribution < 1.29 is 40.8 Å². The second-order valence-corrected chi connectivity index (χ2v) is 3.16. The van der Waals surface area contributed by atoms with Gasteiger partial charge in [-0.15, -0.1) is 0 Å². The molecule has 0 bridgehead atoms. The van der Waals surface area contributed by atoms with Gasteiger partial charge in [-0.3, -0.25) is 4.52 Å². The van der Waals surface area contributed by atoms with E-state index in [4.69, 9.17) is 0 Å². The molecule has 0 amide bonds. The highest BCUT2D eigenvalue weighted by Crippen LogP contribution is 2.50. The largest absolute Gasteiger partial charge is 0.537 e. The van der Waals surface area contributed by atoms with E-state index in [0.29, 0.717) is 0 Å². The van der Waals surface area contributed by atoms with Crippen molar-refractivity contribution in [2.75, 3.05) is 6.61 Å². The molecular formula is C3H4F5O4P. The van der Waals surface area contributed by atoms with Gasteiger partial charge in [0.05, 0.1) is 6.61 Å². The monoisotopic (exact) mass is 230 g/mol. The summed E-state index contributed by atoms with van der Waals surface area (Å²) in [5.74, 6) is 0. The maximum atomic E-state index is 12.0. The quantitative estimate of drug-likeness (QED) is 0.519. The molecule has 1 atom stereocenters. The van der Waals surface area contributed by atoms with Crippen LogP contribution in [0.3, 0.4) is 0 Å². The molecule has 0 saturated carbocycles. The van der Waals surface area contributed by atoms with Gasteiger partial charge in [-0.2, -0.15) is 0 Å². The van der Waals surface area contributed by atoms with E-state index in [1.165, 1.54) is 0 Å². The zero-order chi connectivity index (χ0) is 10.5. The molecule has 0 fully saturated rings. The molecule has 0 aromatic heterocycles. The van der Waals surface area contributed by atoms with Gasteiger partial charge in [0.15, 0.2) is 6.17 Å². The van der Waals surface area contributed by atoms with Crippen LogP contribution in [0.1, 0.15) is 0 Å². The van der Waals surface area contributed by atoms with Crippen molar-refractivity contribution >= 4 is 7.82 Å². The second kappa shape index (κ2) is 5.48. The number of alkyl halides is 3. The van der Waals surface area contributed by atoms with Crippen LogP contribution in [0.5, 0.6) is 0 Å². The Morgan fingerprint density at radius 3 is 1.92 bits per heavy atom. The standard InChI is InChI=1S/C3H4F5O4P/c4-2(3(5)6)1-10-13(9,11-7)12-8/h2-3H,1H2. The van der Waals surface area contributed by atoms with Crippen molar-refractivity contribution in [2.45, 2.75) is 12.6 Å². The van der Waals surface area contributed by atoms with Crippen molar-refractivity contribution in [2.24, 2.45) is 0 Å². The Morgan fingerprint density at radius 2 is 1.62 bits per heavy atom. The summed E-state index contributed by atoms with van der Waals surface area (Å²) < 4.78 is 75.4. The number of hydrogen-bond donors (Lipinski definition) is 0. The first-order chi connectivity index (χ1) is 5.95. The van der Waals surface area contributed by atoms with E-state index in [-0.39, 0.29) is 0 Å². The van der Waals surface area contributed by atoms with Gasteiger partial charge in [-0.1, -0.05) is 9.46 Å². The average Bonchev–Trinajstić information content (AvgIpc) is 2.13. The minimum Gasteiger partial charge on any atom is -0.280 e. The Bertz CT molecular complexity index is 181. The Morgan fingerprint density at radius 1 is 1.15 bits per heavy atom. The van der Waals surface area contributed by atoms with Crippen molar-refractivity contribution in [1.82, 2.24) is 0 Å². The first kappa shape index (κ1) is 12.8. The van der Waals surface area contributed by atoms with Crippen LogP contribution in [0.15, 0.2) is 0 Å². The van der Waals surface area contributed by atoms with Gasteiger partial charge >= 0.3 is 7.82 Å². The van der Waals surface area contributed by atoms with E-state index >= 15 is 0 Å². The lowest BCUT2D eigenvalue weighted by Gasteiger charge is -2.09. The SMILES string of the molecule is O=P(OF)(OF)OCC(F)C(F)F. The maximum Gasteiger partial charge on any atom is 0.537 e. The molecule has 0 aromatic carbocycles. The third-order valence-electron chi connectivity index (χ3n) is 0.834. The van der Waals surface area contributed by atoms with Crippen molar-refractivity contribution in [3.05, 3.63) is 0 Å². The highest BCUT2D eigenvalue weighted by molar-refractivity contribution is 7.48. The van der Waals surface area contributed by atoms with Crippen LogP contribution in [0.25, 0.3) is 0 Å². The summed E-state index contributed by atoms with van der Waals surface area (Å²) >= 11 is 0. The minimum atomic E-state index is -5.18. The summed E-state index contributed by atoms with van der Waals surface area (Å²) in [5.41, 5.74) is 0. The lowest BCUT2D eigenvalue weighted by Crippen LogP contribution is -2.18. The van der Waals surface area contributed by atoms with E-state index in [9.17, 15) is 26.8 Å². The minimum absolute atomic E-state index is 1.51. The first-order valence-electron chi connectivity index (χ1n) is 2.72. The third kappa shape index (κ3) is 4.51. The zero-order valence-corrected chi connectivity index (χ0v) is 6.73. The Labute approximate surface area is 69.0 Å². The van der Waals surface area contributed by atoms with Crippen LogP contribution in [-0.2, 0) is 18.5 Å². The Balaban J connectivity index is 3.93. The summed E-state index contributed by atoms with van der Waals surface area (Å²) in [6.45, 7) is -1.51. The van der Waals surface area contributed by atoms with Crippen LogP contribution in [0.4, 0.5) is 22.2 Å². The summed E-state index contributed by atoms with van der Waals surface area (Å²) in [4.78, 5) is 0. The van der Waals surface area contributed by atoms with Crippen molar-refractivity contribution in [3.63, 3.8) is 0 Å². The van der Waals surface area contributed by atoms with E-state index in [1.807, 2.05) is 0 Å². The van der Waals surface area contributed by atoms with Gasteiger partial charge in [-0.05, 0) is 9.05 Å². The molecule has 0 heterocycles. The highest BCUT2D eigenvalue weighted by atomic mass is 31.2. The van der Waals surface area contributed by atoms with Gasteiger partial charge < -0.3 is 0 Å². The van der Waals surface area contributed by atoms with E-state index in [1.54, 1.807) is 0 Å². The molecule has 0 aliphatic heterocycles. The first-order valence-corrected chi connectivity index (χ1v) is 4.18. The smallest absolute Gasteiger partial charge is 0.280 e. The predicted octanol–water partition coefficient (Wildman–Crippen LogP) is 2.52. The molecular weight excluding hydrogens is 226 g/mol. The molecule has 0 aliphatic rings. The predicted molar refractivity (Wildman–Crippen MR) is 28.8 cm³/mol. The summed E-state index contributed by atoms with van der Waals surface area (Å²) in [5, 5.41) is 0. The van der Waals surface area contributed by atoms with Crippen molar-refractivity contribution in [1.29, 1.82) is 0 Å². The molecule has 1 unspecified atom stereocenters. The molecule has 0 radical (unpaired) electrons. The molecule has 13 heavy (non-hydrogen) atoms. The fourth-order valence-electron chi connectivity index (χ4n) is 0.286. The molecule has 80 valence electrons. The van der Waals surface area contributed by atoms with E-state index in [2.05, 4.69) is 14.0 Å². The highest BCUT2D eigenvalue weighted by Gasteiger charge is 2.33. The Kier molecular flexibility index (Phi) is 5.38. The molecule has 10 heteroatoms. The normalized spacial score (nSPS) is 14.9. The van der Waals surface area contributed by atoms with Crippen LogP contribution in [-0.4, -0.2) is 19.2 Å². The summed E-state index contributed by atoms with van der Waals surface area (Å²) in [6.07, 6.45) is -6.26. The molecule has 0 aromatic rings. The fourth-order valence-corrected chi connectivity index (χ4v) is 0.712. The van der Waals surface area contributed by atoms with Gasteiger partial charge in [0, 0.05) is 0 Å². The van der Waals surface area contributed by atoms with Gasteiger partial charge in [-0.25, -0.2) is 17.7 Å². The molecule has 0 N–H and O–H groups in total. The van der Waals surface area contributed by atoms with Crippen LogP contribution >= 0.6 is 7.82 Å². The zero-order valence-electron chi connectivity index (χ0n) is 5.83. The van der Waals surface area contributed by atoms with Crippen LogP contribution in [0.2, 0.25) is 0 Å². The molecule has 0 rings (SSSR count). The average molecular weight is 230 g/mol. The van der Waals surface area contributed by atoms with Gasteiger partial charge in [0.2, 0.25) is 0 Å². The van der Waals surface area contributed by atoms with Crippen molar-refractivity contribution in [3.8, 4) is 0 Å². The number of rotatable bonds is 6. The lowest BCUT2D eigenvalue weighted by atomic mass is 10.4. The molecule has 4 nitrogen and oxygen atoms in total. The van der Waals surface area contributed by atoms with E-state index < -0.39 is 27.0 Å². The lowest BCUT2D eigenvalue weighted by molar-refractivity contribution is -0.123. The van der Waals surface area contributed by atoms with Crippen LogP contribution < -0.4 is 0 Å². The second-order valence-electron chi connectivity index (χ2n) is 1.73. The number of hydrogen-bond acceptors (Lipinski definition) is 4. The third-order valence-corrected chi connectivity index (χ3v) is 1.64. The van der Waals surface area contributed by atoms with Gasteiger partial charge in [0.25, 0.3) is 6.43 Å². The summed E-state index contributed by atoms with van der Waals surface area (Å²) in [6, 6.07) is 0. The fraction of sp³-hybridized carbons (Fsp3) is 1.00. The molecule has 0 spiro atoms. The Hall–Kier alpha value is -0.240. The van der Waals surface area contributed by atoms with Gasteiger partial charge in [0.1, 0.15) is 0 Å². The van der Waals surface area contributed by atoms with E-state index in [0.717, 1.165) is 0 Å². The maximum absolute atomic E-state index is 12.0. The topological polar surface area (TPSA) is 44.8 Å². The number of phosphoric acid groups is 1. The molecule has 0 aliphatic carbocycles. The molecule has 0 saturated heterocycles. The number of halogens is 5.